The summed E-state index contributed by atoms with van der Waals surface area (Å²) in [4.78, 5) is 24.4. The normalized spacial score (nSPS) is 19.5. The number of nitrogens with one attached hydrogen (secondary N) is 2. The van der Waals surface area contributed by atoms with Crippen LogP contribution in [0.15, 0.2) is 0 Å². The third-order valence-electron chi connectivity index (χ3n) is 2.65. The third kappa shape index (κ3) is 3.79. The van der Waals surface area contributed by atoms with Crippen molar-refractivity contribution >= 4 is 11.8 Å². The van der Waals surface area contributed by atoms with Crippen LogP contribution in [0.25, 0.3) is 0 Å². The minimum Gasteiger partial charge on any atom is -0.395 e. The number of likely N-dealkylation sites (N-methyl/N-ethyl adjacent to an activating group) is 1. The van der Waals surface area contributed by atoms with E-state index in [1.807, 2.05) is 0 Å². The summed E-state index contributed by atoms with van der Waals surface area (Å²) in [6.07, 6.45) is 1.82. The quantitative estimate of drug-likeness (QED) is 0.525. The Labute approximate surface area is 95.0 Å². The van der Waals surface area contributed by atoms with Gasteiger partial charge in [0.1, 0.15) is 0 Å². The molecule has 1 aliphatic rings. The van der Waals surface area contributed by atoms with Crippen molar-refractivity contribution in [3.63, 3.8) is 0 Å². The van der Waals surface area contributed by atoms with Crippen LogP contribution in [-0.2, 0) is 9.59 Å². The maximum Gasteiger partial charge on any atom is 0.241 e. The van der Waals surface area contributed by atoms with E-state index in [0.29, 0.717) is 0 Å². The molecular weight excluding hydrogens is 210 g/mol. The number of aliphatic hydroxyl groups is 1. The Kier molecular flexibility index (Phi) is 5.21. The average molecular weight is 229 g/mol. The molecule has 1 heterocycles. The highest BCUT2D eigenvalue weighted by atomic mass is 16.3. The van der Waals surface area contributed by atoms with Crippen molar-refractivity contribution in [3.05, 3.63) is 0 Å². The summed E-state index contributed by atoms with van der Waals surface area (Å²) in [7, 11) is 1.60. The Morgan fingerprint density at radius 3 is 2.88 bits per heavy atom. The van der Waals surface area contributed by atoms with Gasteiger partial charge < -0.3 is 20.6 Å². The molecule has 1 rings (SSSR count). The van der Waals surface area contributed by atoms with Gasteiger partial charge in [-0.15, -0.1) is 0 Å². The van der Waals surface area contributed by atoms with Gasteiger partial charge in [0.05, 0.1) is 19.2 Å². The second-order valence-corrected chi connectivity index (χ2v) is 3.91. The predicted octanol–water partition coefficient (Wildman–Crippen LogP) is -1.69. The van der Waals surface area contributed by atoms with Crippen LogP contribution in [0.2, 0.25) is 0 Å². The first-order chi connectivity index (χ1) is 7.65. The molecule has 0 aromatic heterocycles. The number of aliphatic hydroxyl groups excluding tert-OH is 1. The number of carbonyl (C=O) groups excluding carboxylic acids is 2. The molecule has 1 saturated heterocycles. The maximum atomic E-state index is 11.5. The summed E-state index contributed by atoms with van der Waals surface area (Å²) in [6, 6.07) is -0.157. The SMILES string of the molecule is CN(CCO)C(=O)CNC(=O)C1CCCN1. The van der Waals surface area contributed by atoms with Crippen molar-refractivity contribution in [2.24, 2.45) is 0 Å². The van der Waals surface area contributed by atoms with E-state index in [1.165, 1.54) is 4.90 Å². The lowest BCUT2D eigenvalue weighted by atomic mass is 10.2. The fourth-order valence-electron chi connectivity index (χ4n) is 1.60. The van der Waals surface area contributed by atoms with Crippen LogP contribution in [0.3, 0.4) is 0 Å². The molecule has 1 aliphatic heterocycles. The van der Waals surface area contributed by atoms with Crippen molar-refractivity contribution in [1.29, 1.82) is 0 Å². The molecule has 1 fully saturated rings. The second kappa shape index (κ2) is 6.44. The lowest BCUT2D eigenvalue weighted by molar-refractivity contribution is -0.132. The van der Waals surface area contributed by atoms with Gasteiger partial charge in [0.25, 0.3) is 0 Å². The average Bonchev–Trinajstić information content (AvgIpc) is 2.79. The van der Waals surface area contributed by atoms with E-state index in [4.69, 9.17) is 5.11 Å². The largest absolute Gasteiger partial charge is 0.395 e. The monoisotopic (exact) mass is 229 g/mol. The molecule has 2 amide bonds. The maximum absolute atomic E-state index is 11.5. The van der Waals surface area contributed by atoms with Crippen molar-refractivity contribution < 1.29 is 14.7 Å². The number of rotatable bonds is 5. The Hall–Kier alpha value is -1.14. The van der Waals surface area contributed by atoms with Crippen molar-refractivity contribution in [2.75, 3.05) is 33.3 Å². The Balaban J connectivity index is 2.22. The summed E-state index contributed by atoms with van der Waals surface area (Å²) >= 11 is 0. The molecule has 0 bridgehead atoms. The molecule has 0 aromatic carbocycles. The zero-order valence-corrected chi connectivity index (χ0v) is 9.53. The molecule has 0 saturated carbocycles. The van der Waals surface area contributed by atoms with Crippen LogP contribution < -0.4 is 10.6 Å². The molecule has 0 aliphatic carbocycles. The molecule has 1 unspecified atom stereocenters. The summed E-state index contributed by atoms with van der Waals surface area (Å²) < 4.78 is 0. The Bertz CT molecular complexity index is 252. The van der Waals surface area contributed by atoms with Gasteiger partial charge in [-0.25, -0.2) is 0 Å². The van der Waals surface area contributed by atoms with Gasteiger partial charge in [-0.05, 0) is 19.4 Å². The number of nitrogens with zero attached hydrogens (tertiary/aromatic N) is 1. The van der Waals surface area contributed by atoms with Gasteiger partial charge in [-0.1, -0.05) is 0 Å². The van der Waals surface area contributed by atoms with E-state index in [0.717, 1.165) is 19.4 Å². The Morgan fingerprint density at radius 1 is 1.56 bits per heavy atom. The minimum absolute atomic E-state index is 0.00644. The number of hydrogen-bond acceptors (Lipinski definition) is 4. The molecule has 0 spiro atoms. The predicted molar refractivity (Wildman–Crippen MR) is 58.8 cm³/mol. The van der Waals surface area contributed by atoms with Crippen molar-refractivity contribution in [1.82, 2.24) is 15.5 Å². The van der Waals surface area contributed by atoms with E-state index in [1.54, 1.807) is 7.05 Å². The smallest absolute Gasteiger partial charge is 0.241 e. The summed E-state index contributed by atoms with van der Waals surface area (Å²) in [6.45, 7) is 1.07. The summed E-state index contributed by atoms with van der Waals surface area (Å²) in [5.41, 5.74) is 0. The lowest BCUT2D eigenvalue weighted by Crippen LogP contribution is -2.45. The van der Waals surface area contributed by atoms with Gasteiger partial charge in [0.2, 0.25) is 11.8 Å². The van der Waals surface area contributed by atoms with E-state index in [2.05, 4.69) is 10.6 Å². The number of amides is 2. The number of carbonyl (C=O) groups is 2. The van der Waals surface area contributed by atoms with Crippen LogP contribution in [-0.4, -0.2) is 61.2 Å². The minimum atomic E-state index is -0.194. The first-order valence-electron chi connectivity index (χ1n) is 5.51. The van der Waals surface area contributed by atoms with Gasteiger partial charge in [-0.3, -0.25) is 9.59 Å². The number of hydrogen-bond donors (Lipinski definition) is 3. The topological polar surface area (TPSA) is 81.7 Å². The lowest BCUT2D eigenvalue weighted by Gasteiger charge is -2.17. The summed E-state index contributed by atoms with van der Waals surface area (Å²) in [5.74, 6) is -0.316. The van der Waals surface area contributed by atoms with E-state index >= 15 is 0 Å². The van der Waals surface area contributed by atoms with E-state index in [9.17, 15) is 9.59 Å². The molecule has 6 nitrogen and oxygen atoms in total. The molecular formula is C10H19N3O3. The molecule has 1 atom stereocenters. The molecule has 6 heteroatoms. The highest BCUT2D eigenvalue weighted by Gasteiger charge is 2.22. The van der Waals surface area contributed by atoms with Crippen molar-refractivity contribution in [3.8, 4) is 0 Å². The molecule has 92 valence electrons. The zero-order valence-electron chi connectivity index (χ0n) is 9.53. The van der Waals surface area contributed by atoms with Gasteiger partial charge in [-0.2, -0.15) is 0 Å². The fourth-order valence-corrected chi connectivity index (χ4v) is 1.60. The van der Waals surface area contributed by atoms with Crippen LogP contribution in [0.5, 0.6) is 0 Å². The molecule has 0 radical (unpaired) electrons. The van der Waals surface area contributed by atoms with Gasteiger partial charge in [0, 0.05) is 13.6 Å². The fraction of sp³-hybridized carbons (Fsp3) is 0.800. The van der Waals surface area contributed by atoms with Gasteiger partial charge in [0.15, 0.2) is 0 Å². The highest BCUT2D eigenvalue weighted by molar-refractivity contribution is 5.87. The van der Waals surface area contributed by atoms with E-state index in [-0.39, 0.29) is 37.6 Å². The first kappa shape index (κ1) is 12.9. The van der Waals surface area contributed by atoms with Crippen LogP contribution in [0, 0.1) is 0 Å². The molecule has 3 N–H and O–H groups in total. The Morgan fingerprint density at radius 2 is 2.31 bits per heavy atom. The first-order valence-corrected chi connectivity index (χ1v) is 5.51. The zero-order chi connectivity index (χ0) is 12.0. The third-order valence-corrected chi connectivity index (χ3v) is 2.65. The van der Waals surface area contributed by atoms with Crippen LogP contribution >= 0.6 is 0 Å². The standard InChI is InChI=1S/C10H19N3O3/c1-13(5-6-14)9(15)7-12-10(16)8-3-2-4-11-8/h8,11,14H,2-7H2,1H3,(H,12,16). The molecule has 16 heavy (non-hydrogen) atoms. The van der Waals surface area contributed by atoms with Crippen LogP contribution in [0.4, 0.5) is 0 Å². The second-order valence-electron chi connectivity index (χ2n) is 3.91. The van der Waals surface area contributed by atoms with Gasteiger partial charge >= 0.3 is 0 Å². The highest BCUT2D eigenvalue weighted by Crippen LogP contribution is 2.04. The van der Waals surface area contributed by atoms with Crippen molar-refractivity contribution in [2.45, 2.75) is 18.9 Å². The summed E-state index contributed by atoms with van der Waals surface area (Å²) in [5, 5.41) is 14.3. The van der Waals surface area contributed by atoms with Crippen LogP contribution in [0.1, 0.15) is 12.8 Å². The van der Waals surface area contributed by atoms with E-state index < -0.39 is 0 Å². The molecule has 0 aromatic rings.